The van der Waals surface area contributed by atoms with E-state index in [1.165, 1.54) is 0 Å². The van der Waals surface area contributed by atoms with Gasteiger partial charge in [0.1, 0.15) is 0 Å². The van der Waals surface area contributed by atoms with E-state index in [2.05, 4.69) is 20.6 Å². The Hall–Kier alpha value is -4.76. The second kappa shape index (κ2) is 20.3. The van der Waals surface area contributed by atoms with E-state index in [0.29, 0.717) is 11.1 Å². The first-order chi connectivity index (χ1) is 18.2. The van der Waals surface area contributed by atoms with Crippen LogP contribution in [0, 0.1) is 0 Å². The Labute approximate surface area is 238 Å². The van der Waals surface area contributed by atoms with Crippen LogP contribution in [0.1, 0.15) is 34.6 Å². The van der Waals surface area contributed by atoms with E-state index in [1.54, 1.807) is 73.3 Å². The fourth-order valence-corrected chi connectivity index (χ4v) is 2.46. The molecule has 0 saturated carbocycles. The van der Waals surface area contributed by atoms with Crippen molar-refractivity contribution in [1.29, 1.82) is 0 Å². The average molecular weight is 580 g/mol. The molecule has 0 bridgehead atoms. The molecule has 0 atom stereocenters. The first kappa shape index (κ1) is 34.2. The number of pyridine rings is 2. The summed E-state index contributed by atoms with van der Waals surface area (Å²) in [7, 11) is 0. The van der Waals surface area contributed by atoms with Crippen molar-refractivity contribution in [3.8, 4) is 0 Å². The predicted octanol–water partition coefficient (Wildman–Crippen LogP) is 2.18. The number of carboxylic acid groups (broad SMARTS) is 2. The van der Waals surface area contributed by atoms with Gasteiger partial charge in [0.25, 0.3) is 11.8 Å². The Bertz CT molecular complexity index is 1150. The third kappa shape index (κ3) is 17.4. The van der Waals surface area contributed by atoms with Crippen LogP contribution in [0.25, 0.3) is 0 Å². The summed E-state index contributed by atoms with van der Waals surface area (Å²) in [5.41, 5.74) is 2.79. The van der Waals surface area contributed by atoms with E-state index in [0.717, 1.165) is 25.2 Å². The number of aromatic nitrogens is 2. The number of carboxylic acids is 2. The summed E-state index contributed by atoms with van der Waals surface area (Å²) in [4.78, 5) is 48.9. The number of aliphatic carboxylic acids is 2. The van der Waals surface area contributed by atoms with Gasteiger partial charge in [-0.3, -0.25) is 19.6 Å². The van der Waals surface area contributed by atoms with Crippen LogP contribution < -0.4 is 20.8 Å². The van der Waals surface area contributed by atoms with Crippen molar-refractivity contribution < 1.29 is 48.9 Å². The molecular formula is C28H26N4O6Zn. The fourth-order valence-electron chi connectivity index (χ4n) is 2.46. The SMILES string of the molecule is CC(=O)[O-].CC(=O)[O-].O=C(Nc1ccncc1)c1ccccc1.O=C(Nc1ccncc1)c1ccccc1.[Zn+2]. The molecule has 2 aromatic carbocycles. The number of amides is 2. The molecule has 2 heterocycles. The molecule has 0 fully saturated rings. The van der Waals surface area contributed by atoms with Crippen LogP contribution in [-0.2, 0) is 29.1 Å². The van der Waals surface area contributed by atoms with Gasteiger partial charge in [-0.15, -0.1) is 0 Å². The molecule has 39 heavy (non-hydrogen) atoms. The molecule has 0 spiro atoms. The number of nitrogens with zero attached hydrogens (tertiary/aromatic N) is 2. The standard InChI is InChI=1S/2C12H10N2O.2C2H4O2.Zn/c2*15-12(10-4-2-1-3-5-10)14-11-6-8-13-9-7-11;2*1-2(3)4;/h2*1-9H,(H,13,14,15);2*1H3,(H,3,4);/q;;;;+2/p-2. The van der Waals surface area contributed by atoms with Crippen molar-refractivity contribution in [2.45, 2.75) is 13.8 Å². The van der Waals surface area contributed by atoms with Crippen LogP contribution in [0.3, 0.4) is 0 Å². The largest absolute Gasteiger partial charge is 2.00 e. The molecule has 4 aromatic rings. The summed E-state index contributed by atoms with van der Waals surface area (Å²) in [6, 6.07) is 25.2. The van der Waals surface area contributed by atoms with E-state index in [4.69, 9.17) is 19.8 Å². The average Bonchev–Trinajstić information content (AvgIpc) is 2.91. The molecule has 2 amide bonds. The van der Waals surface area contributed by atoms with Crippen molar-refractivity contribution in [2.24, 2.45) is 0 Å². The van der Waals surface area contributed by atoms with Crippen LogP contribution in [0.2, 0.25) is 0 Å². The van der Waals surface area contributed by atoms with Gasteiger partial charge in [0.05, 0.1) is 0 Å². The maximum absolute atomic E-state index is 11.7. The zero-order chi connectivity index (χ0) is 28.2. The van der Waals surface area contributed by atoms with Gasteiger partial charge < -0.3 is 30.4 Å². The maximum Gasteiger partial charge on any atom is 2.00 e. The summed E-state index contributed by atoms with van der Waals surface area (Å²) in [6.07, 6.45) is 6.56. The van der Waals surface area contributed by atoms with Crippen LogP contribution >= 0.6 is 0 Å². The summed E-state index contributed by atoms with van der Waals surface area (Å²) in [5.74, 6) is -2.39. The van der Waals surface area contributed by atoms with Gasteiger partial charge in [-0.25, -0.2) is 0 Å². The maximum atomic E-state index is 11.7. The molecule has 10 nitrogen and oxygen atoms in total. The second-order valence-electron chi connectivity index (χ2n) is 7.10. The normalized spacial score (nSPS) is 8.67. The van der Waals surface area contributed by atoms with E-state index < -0.39 is 11.9 Å². The number of carbonyl (C=O) groups excluding carboxylic acids is 4. The summed E-state index contributed by atoms with van der Waals surface area (Å²) in [6.45, 7) is 1.94. The Kier molecular flexibility index (Phi) is 17.8. The molecule has 196 valence electrons. The third-order valence-electron chi connectivity index (χ3n) is 3.95. The Morgan fingerprint density at radius 1 is 0.538 bits per heavy atom. The van der Waals surface area contributed by atoms with Crippen molar-refractivity contribution in [2.75, 3.05) is 10.6 Å². The van der Waals surface area contributed by atoms with Crippen LogP contribution in [0.5, 0.6) is 0 Å². The van der Waals surface area contributed by atoms with Crippen LogP contribution in [-0.4, -0.2) is 33.7 Å². The predicted molar refractivity (Wildman–Crippen MR) is 139 cm³/mol. The van der Waals surface area contributed by atoms with Gasteiger partial charge in [-0.2, -0.15) is 0 Å². The van der Waals surface area contributed by atoms with Gasteiger partial charge >= 0.3 is 19.5 Å². The van der Waals surface area contributed by atoms with Crippen LogP contribution in [0.15, 0.2) is 110 Å². The molecule has 2 aromatic heterocycles. The summed E-state index contributed by atoms with van der Waals surface area (Å²) >= 11 is 0. The van der Waals surface area contributed by atoms with Crippen LogP contribution in [0.4, 0.5) is 11.4 Å². The third-order valence-corrected chi connectivity index (χ3v) is 3.95. The van der Waals surface area contributed by atoms with Gasteiger partial charge in [0.15, 0.2) is 0 Å². The van der Waals surface area contributed by atoms with Crippen molar-refractivity contribution in [3.05, 3.63) is 121 Å². The molecule has 0 radical (unpaired) electrons. The molecule has 2 N–H and O–H groups in total. The Balaban J connectivity index is 0.000000572. The second-order valence-corrected chi connectivity index (χ2v) is 7.10. The molecular weight excluding hydrogens is 554 g/mol. The molecule has 4 rings (SSSR count). The number of rotatable bonds is 4. The molecule has 0 unspecified atom stereocenters. The minimum atomic E-state index is -1.08. The molecule has 0 aliphatic rings. The molecule has 0 aliphatic heterocycles. The Morgan fingerprint density at radius 2 is 0.795 bits per heavy atom. The van der Waals surface area contributed by atoms with Gasteiger partial charge in [-0.1, -0.05) is 36.4 Å². The van der Waals surface area contributed by atoms with E-state index >= 15 is 0 Å². The number of nitrogens with one attached hydrogen (secondary N) is 2. The summed E-state index contributed by atoms with van der Waals surface area (Å²) in [5, 5.41) is 23.3. The van der Waals surface area contributed by atoms with Gasteiger partial charge in [0, 0.05) is 59.2 Å². The fraction of sp³-hybridized carbons (Fsp3) is 0.0714. The quantitative estimate of drug-likeness (QED) is 0.347. The minimum absolute atomic E-state index is 0. The smallest absolute Gasteiger partial charge is 0.550 e. The first-order valence-electron chi connectivity index (χ1n) is 11.1. The van der Waals surface area contributed by atoms with E-state index in [-0.39, 0.29) is 31.3 Å². The van der Waals surface area contributed by atoms with Crippen molar-refractivity contribution in [3.63, 3.8) is 0 Å². The molecule has 0 aliphatic carbocycles. The van der Waals surface area contributed by atoms with Gasteiger partial charge in [-0.05, 0) is 62.4 Å². The van der Waals surface area contributed by atoms with Gasteiger partial charge in [0.2, 0.25) is 0 Å². The van der Waals surface area contributed by atoms with E-state index in [1.807, 2.05) is 36.4 Å². The van der Waals surface area contributed by atoms with Crippen molar-refractivity contribution >= 4 is 35.1 Å². The number of carbonyl (C=O) groups is 4. The van der Waals surface area contributed by atoms with E-state index in [9.17, 15) is 9.59 Å². The molecule has 11 heteroatoms. The number of anilines is 2. The number of hydrogen-bond donors (Lipinski definition) is 2. The Morgan fingerprint density at radius 3 is 1.05 bits per heavy atom. The number of hydrogen-bond acceptors (Lipinski definition) is 8. The molecule has 0 saturated heterocycles. The zero-order valence-corrected chi connectivity index (χ0v) is 24.4. The first-order valence-corrected chi connectivity index (χ1v) is 11.1. The van der Waals surface area contributed by atoms with Crippen molar-refractivity contribution in [1.82, 2.24) is 9.97 Å². The summed E-state index contributed by atoms with van der Waals surface area (Å²) < 4.78 is 0. The monoisotopic (exact) mass is 578 g/mol. The zero-order valence-electron chi connectivity index (χ0n) is 21.4. The minimum Gasteiger partial charge on any atom is -0.550 e. The number of benzene rings is 2. The topological polar surface area (TPSA) is 164 Å².